The first kappa shape index (κ1) is 16.4. The van der Waals surface area contributed by atoms with Gasteiger partial charge in [-0.3, -0.25) is 10.1 Å². The van der Waals surface area contributed by atoms with E-state index in [2.05, 4.69) is 20.5 Å². The van der Waals surface area contributed by atoms with Gasteiger partial charge in [0.25, 0.3) is 0 Å². The smallest absolute Gasteiger partial charge is 0.323 e. The second-order valence-electron chi connectivity index (χ2n) is 6.29. The van der Waals surface area contributed by atoms with Gasteiger partial charge >= 0.3 is 5.69 Å². The lowest BCUT2D eigenvalue weighted by Crippen LogP contribution is -2.20. The maximum atomic E-state index is 11.6. The summed E-state index contributed by atoms with van der Waals surface area (Å²) in [7, 11) is 4.05. The summed E-state index contributed by atoms with van der Waals surface area (Å²) >= 11 is 0. The second kappa shape index (κ2) is 7.00. The quantitative estimate of drug-likeness (QED) is 0.467. The Morgan fingerprint density at radius 2 is 2.04 bits per heavy atom. The average molecular weight is 334 g/mol. The van der Waals surface area contributed by atoms with E-state index in [1.165, 1.54) is 0 Å². The summed E-state index contributed by atoms with van der Waals surface area (Å²) in [4.78, 5) is 15.3. The minimum absolute atomic E-state index is 0.0213. The van der Waals surface area contributed by atoms with Crippen molar-refractivity contribution < 1.29 is 9.55 Å². The van der Waals surface area contributed by atoms with Crippen LogP contribution >= 0.6 is 0 Å². The predicted molar refractivity (Wildman–Crippen MR) is 91.6 cm³/mol. The van der Waals surface area contributed by atoms with Crippen molar-refractivity contribution in [3.8, 4) is 0 Å². The molecule has 130 valence electrons. The van der Waals surface area contributed by atoms with Crippen LogP contribution in [-0.4, -0.2) is 60.4 Å². The number of hydrogen-bond acceptors (Lipinski definition) is 8. The second-order valence-corrected chi connectivity index (χ2v) is 6.29. The number of fused-ring (bicyclic) bond motifs is 1. The van der Waals surface area contributed by atoms with E-state index < -0.39 is 4.92 Å². The van der Waals surface area contributed by atoms with Gasteiger partial charge in [-0.05, 0) is 56.3 Å². The number of nitrogens with one attached hydrogen (secondary N) is 1. The van der Waals surface area contributed by atoms with Crippen molar-refractivity contribution >= 4 is 28.1 Å². The van der Waals surface area contributed by atoms with Crippen LogP contribution in [0.2, 0.25) is 0 Å². The fourth-order valence-electron chi connectivity index (χ4n) is 3.05. The number of aromatic nitrogens is 2. The Morgan fingerprint density at radius 1 is 1.33 bits per heavy atom. The molecule has 9 heteroatoms. The Bertz CT molecular complexity index is 723. The highest BCUT2D eigenvalue weighted by molar-refractivity contribution is 5.99. The normalized spacial score (nSPS) is 14.7. The Labute approximate surface area is 139 Å². The third kappa shape index (κ3) is 3.25. The summed E-state index contributed by atoms with van der Waals surface area (Å²) in [5.74, 6) is 0. The molecule has 2 heterocycles. The number of hydrogen-bond donors (Lipinski definition) is 1. The van der Waals surface area contributed by atoms with Crippen molar-refractivity contribution in [1.82, 2.24) is 15.2 Å². The number of nitro benzene ring substituents is 1. The van der Waals surface area contributed by atoms with Crippen LogP contribution in [0.3, 0.4) is 0 Å². The molecule has 0 atom stereocenters. The lowest BCUT2D eigenvalue weighted by molar-refractivity contribution is -0.382. The van der Waals surface area contributed by atoms with Crippen molar-refractivity contribution in [2.75, 3.05) is 50.5 Å². The molecule has 0 saturated carbocycles. The molecule has 1 saturated heterocycles. The van der Waals surface area contributed by atoms with Gasteiger partial charge in [-0.2, -0.15) is 0 Å². The van der Waals surface area contributed by atoms with Crippen molar-refractivity contribution in [2.24, 2.45) is 0 Å². The monoisotopic (exact) mass is 334 g/mol. The van der Waals surface area contributed by atoms with Gasteiger partial charge in [-0.25, -0.2) is 4.63 Å². The number of benzene rings is 1. The average Bonchev–Trinajstić information content (AvgIpc) is 3.20. The van der Waals surface area contributed by atoms with Gasteiger partial charge in [0.05, 0.1) is 10.6 Å². The molecule has 0 spiro atoms. The van der Waals surface area contributed by atoms with Crippen LogP contribution in [0.1, 0.15) is 19.3 Å². The maximum absolute atomic E-state index is 11.6. The van der Waals surface area contributed by atoms with Gasteiger partial charge < -0.3 is 15.1 Å². The zero-order chi connectivity index (χ0) is 17.1. The fraction of sp³-hybridized carbons (Fsp3) is 0.600. The molecule has 0 aliphatic carbocycles. The van der Waals surface area contributed by atoms with Crippen molar-refractivity contribution in [1.29, 1.82) is 0 Å². The van der Waals surface area contributed by atoms with Crippen LogP contribution in [0.25, 0.3) is 11.0 Å². The molecule has 1 N–H and O–H groups in total. The highest BCUT2D eigenvalue weighted by Gasteiger charge is 2.29. The van der Waals surface area contributed by atoms with E-state index in [1.54, 1.807) is 0 Å². The van der Waals surface area contributed by atoms with Crippen LogP contribution in [0.5, 0.6) is 0 Å². The molecule has 2 aromatic rings. The lowest BCUT2D eigenvalue weighted by Gasteiger charge is -2.19. The van der Waals surface area contributed by atoms with Crippen molar-refractivity contribution in [2.45, 2.75) is 19.3 Å². The van der Waals surface area contributed by atoms with Gasteiger partial charge in [0.15, 0.2) is 5.52 Å². The minimum Gasteiger partial charge on any atom is -0.383 e. The molecule has 1 aromatic heterocycles. The minimum atomic E-state index is -0.393. The number of rotatable bonds is 7. The Morgan fingerprint density at radius 3 is 2.71 bits per heavy atom. The first-order valence-corrected chi connectivity index (χ1v) is 8.15. The largest absolute Gasteiger partial charge is 0.383 e. The van der Waals surface area contributed by atoms with Gasteiger partial charge in [-0.15, -0.1) is 0 Å². The zero-order valence-electron chi connectivity index (χ0n) is 14.0. The molecular formula is C15H22N6O3. The van der Waals surface area contributed by atoms with Crippen LogP contribution in [0, 0.1) is 10.1 Å². The lowest BCUT2D eigenvalue weighted by atomic mass is 10.1. The van der Waals surface area contributed by atoms with Gasteiger partial charge in [0.1, 0.15) is 5.69 Å². The summed E-state index contributed by atoms with van der Waals surface area (Å²) in [5.41, 5.74) is 1.93. The molecule has 0 amide bonds. The summed E-state index contributed by atoms with van der Waals surface area (Å²) in [6.07, 6.45) is 3.03. The maximum Gasteiger partial charge on any atom is 0.323 e. The molecule has 0 unspecified atom stereocenters. The van der Waals surface area contributed by atoms with Gasteiger partial charge in [0.2, 0.25) is 5.52 Å². The fourth-order valence-corrected chi connectivity index (χ4v) is 3.05. The third-order valence-electron chi connectivity index (χ3n) is 4.22. The van der Waals surface area contributed by atoms with Crippen LogP contribution in [-0.2, 0) is 0 Å². The molecule has 1 aliphatic rings. The van der Waals surface area contributed by atoms with E-state index in [-0.39, 0.29) is 11.2 Å². The molecule has 1 fully saturated rings. The first-order valence-electron chi connectivity index (χ1n) is 8.15. The van der Waals surface area contributed by atoms with Crippen LogP contribution < -0.4 is 10.2 Å². The summed E-state index contributed by atoms with van der Waals surface area (Å²) in [6.45, 7) is 3.34. The Balaban J connectivity index is 1.95. The molecule has 0 bridgehead atoms. The van der Waals surface area contributed by atoms with E-state index in [0.29, 0.717) is 11.2 Å². The zero-order valence-corrected chi connectivity index (χ0v) is 14.0. The highest BCUT2D eigenvalue weighted by Crippen LogP contribution is 2.40. The van der Waals surface area contributed by atoms with Crippen LogP contribution in [0.15, 0.2) is 10.7 Å². The first-order chi connectivity index (χ1) is 11.6. The van der Waals surface area contributed by atoms with Crippen molar-refractivity contribution in [3.63, 3.8) is 0 Å². The molecule has 3 rings (SSSR count). The predicted octanol–water partition coefficient (Wildman–Crippen LogP) is 2.09. The molecule has 0 radical (unpaired) electrons. The summed E-state index contributed by atoms with van der Waals surface area (Å²) in [6, 6.07) is 1.81. The van der Waals surface area contributed by atoms with E-state index in [1.807, 2.05) is 25.1 Å². The molecule has 9 nitrogen and oxygen atoms in total. The number of anilines is 2. The Kier molecular flexibility index (Phi) is 4.79. The summed E-state index contributed by atoms with van der Waals surface area (Å²) < 4.78 is 4.79. The van der Waals surface area contributed by atoms with Crippen molar-refractivity contribution in [3.05, 3.63) is 16.2 Å². The molecular weight excluding hydrogens is 312 g/mol. The summed E-state index contributed by atoms with van der Waals surface area (Å²) in [5, 5.41) is 22.5. The topological polar surface area (TPSA) is 101 Å². The molecule has 1 aromatic carbocycles. The van der Waals surface area contributed by atoms with E-state index in [9.17, 15) is 10.1 Å². The number of nitro groups is 1. The standard InChI is InChI=1S/C15H22N6O3/c1-19(2)7-5-6-16-11-10-12(20-8-3-4-9-20)15(21(22)23)14-13(11)17-24-18-14/h10,16H,3-9H2,1-2H3. The van der Waals surface area contributed by atoms with Gasteiger partial charge in [0, 0.05) is 19.6 Å². The van der Waals surface area contributed by atoms with E-state index in [0.717, 1.165) is 51.1 Å². The van der Waals surface area contributed by atoms with E-state index >= 15 is 0 Å². The highest BCUT2D eigenvalue weighted by atomic mass is 16.6. The number of nitrogens with zero attached hydrogens (tertiary/aromatic N) is 5. The Hall–Kier alpha value is -2.42. The van der Waals surface area contributed by atoms with Gasteiger partial charge in [-0.1, -0.05) is 0 Å². The van der Waals surface area contributed by atoms with Crippen LogP contribution in [0.4, 0.5) is 17.1 Å². The van der Waals surface area contributed by atoms with E-state index in [4.69, 9.17) is 4.63 Å². The SMILES string of the molecule is CN(C)CCCNc1cc(N2CCCC2)c([N+](=O)[O-])c2nonc12. The molecule has 24 heavy (non-hydrogen) atoms. The molecule has 1 aliphatic heterocycles. The third-order valence-corrected chi connectivity index (χ3v) is 4.22.